The summed E-state index contributed by atoms with van der Waals surface area (Å²) in [5.41, 5.74) is 2.96. The molecule has 0 aromatic heterocycles. The molecule has 3 amide bonds. The Balaban J connectivity index is 1.71. The number of rotatable bonds is 6. The monoisotopic (exact) mass is 311 g/mol. The van der Waals surface area contributed by atoms with E-state index < -0.39 is 6.03 Å². The van der Waals surface area contributed by atoms with Crippen molar-refractivity contribution in [3.63, 3.8) is 0 Å². The van der Waals surface area contributed by atoms with Crippen molar-refractivity contribution in [2.75, 3.05) is 11.9 Å². The number of aryl methyl sites for hydroxylation is 1. The van der Waals surface area contributed by atoms with E-state index in [2.05, 4.69) is 35.0 Å². The van der Waals surface area contributed by atoms with Crippen molar-refractivity contribution >= 4 is 17.6 Å². The van der Waals surface area contributed by atoms with Crippen LogP contribution in [0.5, 0.6) is 0 Å². The first-order chi connectivity index (χ1) is 11.2. The lowest BCUT2D eigenvalue weighted by Gasteiger charge is -2.09. The maximum Gasteiger partial charge on any atom is 0.319 e. The summed E-state index contributed by atoms with van der Waals surface area (Å²) in [4.78, 5) is 23.4. The van der Waals surface area contributed by atoms with Crippen LogP contribution < -0.4 is 16.0 Å². The molecule has 5 heteroatoms. The van der Waals surface area contributed by atoms with E-state index in [0.717, 1.165) is 12.0 Å². The Morgan fingerprint density at radius 3 is 2.39 bits per heavy atom. The molecule has 0 saturated heterocycles. The molecule has 0 saturated carbocycles. The Bertz CT molecular complexity index is 656. The minimum Gasteiger partial charge on any atom is -0.350 e. The second-order valence-corrected chi connectivity index (χ2v) is 5.12. The minimum atomic E-state index is -0.403. The van der Waals surface area contributed by atoms with Crippen LogP contribution in [0.15, 0.2) is 54.6 Å². The van der Waals surface area contributed by atoms with Crippen molar-refractivity contribution in [2.24, 2.45) is 0 Å². The zero-order valence-corrected chi connectivity index (χ0v) is 13.1. The maximum absolute atomic E-state index is 11.8. The van der Waals surface area contributed by atoms with Gasteiger partial charge in [0.1, 0.15) is 0 Å². The molecule has 0 fully saturated rings. The third-order valence-corrected chi connectivity index (χ3v) is 3.33. The van der Waals surface area contributed by atoms with Crippen molar-refractivity contribution < 1.29 is 9.59 Å². The molecule has 0 aliphatic heterocycles. The third kappa shape index (κ3) is 5.82. The van der Waals surface area contributed by atoms with Gasteiger partial charge in [-0.15, -0.1) is 0 Å². The van der Waals surface area contributed by atoms with Crippen LogP contribution in [0.1, 0.15) is 18.1 Å². The molecule has 2 aromatic rings. The fourth-order valence-corrected chi connectivity index (χ4v) is 2.08. The summed E-state index contributed by atoms with van der Waals surface area (Å²) in [5.74, 6) is -0.227. The van der Waals surface area contributed by atoms with Gasteiger partial charge in [0.15, 0.2) is 0 Å². The summed E-state index contributed by atoms with van der Waals surface area (Å²) >= 11 is 0. The lowest BCUT2D eigenvalue weighted by atomic mass is 10.1. The molecular formula is C18H21N3O2. The molecule has 0 aliphatic carbocycles. The van der Waals surface area contributed by atoms with Crippen molar-refractivity contribution in [1.29, 1.82) is 0 Å². The largest absolute Gasteiger partial charge is 0.350 e. The molecule has 0 aliphatic rings. The predicted octanol–water partition coefficient (Wildman–Crippen LogP) is 2.69. The number of hydrogen-bond acceptors (Lipinski definition) is 2. The van der Waals surface area contributed by atoms with Gasteiger partial charge in [-0.2, -0.15) is 0 Å². The summed E-state index contributed by atoms with van der Waals surface area (Å²) in [6.07, 6.45) is 0.961. The van der Waals surface area contributed by atoms with Gasteiger partial charge < -0.3 is 16.0 Å². The van der Waals surface area contributed by atoms with Gasteiger partial charge in [0, 0.05) is 12.2 Å². The summed E-state index contributed by atoms with van der Waals surface area (Å²) in [7, 11) is 0. The molecule has 3 N–H and O–H groups in total. The summed E-state index contributed by atoms with van der Waals surface area (Å²) in [6.45, 7) is 2.48. The van der Waals surface area contributed by atoms with Crippen molar-refractivity contribution in [1.82, 2.24) is 10.6 Å². The van der Waals surface area contributed by atoms with E-state index in [0.29, 0.717) is 12.2 Å². The Kier molecular flexibility index (Phi) is 6.17. The lowest BCUT2D eigenvalue weighted by Crippen LogP contribution is -2.38. The smallest absolute Gasteiger partial charge is 0.319 e. The standard InChI is InChI=1S/C18H21N3O2/c1-2-14-7-6-8-15(11-14)12-19-17(22)13-20-18(23)21-16-9-4-3-5-10-16/h3-11H,2,12-13H2,1H3,(H,19,22)(H2,20,21,23). The van der Waals surface area contributed by atoms with Crippen LogP contribution in [0.25, 0.3) is 0 Å². The van der Waals surface area contributed by atoms with Gasteiger partial charge in [-0.3, -0.25) is 4.79 Å². The van der Waals surface area contributed by atoms with E-state index in [1.807, 2.05) is 30.3 Å². The van der Waals surface area contributed by atoms with Crippen LogP contribution in [-0.2, 0) is 17.8 Å². The van der Waals surface area contributed by atoms with Gasteiger partial charge in [-0.1, -0.05) is 49.4 Å². The SMILES string of the molecule is CCc1cccc(CNC(=O)CNC(=O)Nc2ccccc2)c1. The Morgan fingerprint density at radius 2 is 1.65 bits per heavy atom. The number of para-hydroxylation sites is 1. The van der Waals surface area contributed by atoms with E-state index in [4.69, 9.17) is 0 Å². The van der Waals surface area contributed by atoms with Crippen LogP contribution in [0.2, 0.25) is 0 Å². The second-order valence-electron chi connectivity index (χ2n) is 5.12. The Morgan fingerprint density at radius 1 is 0.913 bits per heavy atom. The van der Waals surface area contributed by atoms with Crippen LogP contribution >= 0.6 is 0 Å². The van der Waals surface area contributed by atoms with E-state index in [1.54, 1.807) is 12.1 Å². The predicted molar refractivity (Wildman–Crippen MR) is 91.1 cm³/mol. The van der Waals surface area contributed by atoms with Gasteiger partial charge in [0.25, 0.3) is 0 Å². The maximum atomic E-state index is 11.8. The average molecular weight is 311 g/mol. The molecule has 0 spiro atoms. The first-order valence-corrected chi connectivity index (χ1v) is 7.62. The zero-order chi connectivity index (χ0) is 16.5. The molecule has 2 aromatic carbocycles. The van der Waals surface area contributed by atoms with Crippen LogP contribution in [-0.4, -0.2) is 18.5 Å². The molecule has 5 nitrogen and oxygen atoms in total. The van der Waals surface area contributed by atoms with Crippen LogP contribution in [0, 0.1) is 0 Å². The highest BCUT2D eigenvalue weighted by Gasteiger charge is 2.05. The highest BCUT2D eigenvalue weighted by atomic mass is 16.2. The van der Waals surface area contributed by atoms with E-state index in [9.17, 15) is 9.59 Å². The van der Waals surface area contributed by atoms with Crippen molar-refractivity contribution in [3.05, 3.63) is 65.7 Å². The molecule has 0 bridgehead atoms. The summed E-state index contributed by atoms with van der Waals surface area (Å²) in [6, 6.07) is 16.7. The quantitative estimate of drug-likeness (QED) is 0.767. The van der Waals surface area contributed by atoms with E-state index in [1.165, 1.54) is 5.56 Å². The summed E-state index contributed by atoms with van der Waals surface area (Å²) < 4.78 is 0. The summed E-state index contributed by atoms with van der Waals surface area (Å²) in [5, 5.41) is 7.97. The highest BCUT2D eigenvalue weighted by Crippen LogP contribution is 2.05. The van der Waals surface area contributed by atoms with Crippen molar-refractivity contribution in [3.8, 4) is 0 Å². The molecule has 0 atom stereocenters. The van der Waals surface area contributed by atoms with E-state index >= 15 is 0 Å². The Labute approximate surface area is 136 Å². The third-order valence-electron chi connectivity index (χ3n) is 3.33. The minimum absolute atomic E-state index is 0.0634. The van der Waals surface area contributed by atoms with Gasteiger partial charge in [-0.25, -0.2) is 4.79 Å². The van der Waals surface area contributed by atoms with E-state index in [-0.39, 0.29) is 12.5 Å². The topological polar surface area (TPSA) is 70.2 Å². The number of hydrogen-bond donors (Lipinski definition) is 3. The molecule has 0 unspecified atom stereocenters. The molecule has 120 valence electrons. The Hall–Kier alpha value is -2.82. The van der Waals surface area contributed by atoms with Crippen molar-refractivity contribution in [2.45, 2.75) is 19.9 Å². The van der Waals surface area contributed by atoms with Crippen LogP contribution in [0.3, 0.4) is 0 Å². The lowest BCUT2D eigenvalue weighted by molar-refractivity contribution is -0.120. The number of nitrogens with one attached hydrogen (secondary N) is 3. The highest BCUT2D eigenvalue weighted by molar-refractivity contribution is 5.92. The second kappa shape index (κ2) is 8.58. The number of benzene rings is 2. The number of amides is 3. The van der Waals surface area contributed by atoms with Gasteiger partial charge in [0.05, 0.1) is 6.54 Å². The first-order valence-electron chi connectivity index (χ1n) is 7.62. The molecule has 23 heavy (non-hydrogen) atoms. The zero-order valence-electron chi connectivity index (χ0n) is 13.1. The molecular weight excluding hydrogens is 290 g/mol. The fraction of sp³-hybridized carbons (Fsp3) is 0.222. The van der Waals surface area contributed by atoms with Gasteiger partial charge in [-0.05, 0) is 29.7 Å². The number of carbonyl (C=O) groups excluding carboxylic acids is 2. The molecule has 0 radical (unpaired) electrons. The van der Waals surface area contributed by atoms with Gasteiger partial charge >= 0.3 is 6.03 Å². The average Bonchev–Trinajstić information content (AvgIpc) is 2.59. The number of carbonyl (C=O) groups is 2. The normalized spacial score (nSPS) is 9.96. The first kappa shape index (κ1) is 16.5. The fourth-order valence-electron chi connectivity index (χ4n) is 2.08. The van der Waals surface area contributed by atoms with Crippen LogP contribution in [0.4, 0.5) is 10.5 Å². The number of anilines is 1. The molecule has 0 heterocycles. The number of urea groups is 1. The molecule has 2 rings (SSSR count). The van der Waals surface area contributed by atoms with Gasteiger partial charge in [0.2, 0.25) is 5.91 Å².